The van der Waals surface area contributed by atoms with Gasteiger partial charge in [0.05, 0.1) is 6.04 Å². The van der Waals surface area contributed by atoms with Crippen LogP contribution in [0.5, 0.6) is 0 Å². The van der Waals surface area contributed by atoms with Crippen LogP contribution in [0.15, 0.2) is 78.2 Å². The molecule has 1 aromatic rings. The van der Waals surface area contributed by atoms with Crippen molar-refractivity contribution in [3.05, 3.63) is 83.7 Å². The first-order valence-electron chi connectivity index (χ1n) is 11.6. The zero-order valence-electron chi connectivity index (χ0n) is 18.7. The smallest absolute Gasteiger partial charge is 0.249 e. The van der Waals surface area contributed by atoms with Gasteiger partial charge in [-0.2, -0.15) is 0 Å². The molecule has 0 unspecified atom stereocenters. The van der Waals surface area contributed by atoms with Crippen LogP contribution < -0.4 is 5.32 Å². The van der Waals surface area contributed by atoms with Gasteiger partial charge in [0.25, 0.3) is 0 Å². The zero-order chi connectivity index (χ0) is 23.0. The number of hydrogen-bond acceptors (Lipinski definition) is 6. The Morgan fingerprint density at radius 2 is 1.91 bits per heavy atom. The maximum Gasteiger partial charge on any atom is 0.249 e. The van der Waals surface area contributed by atoms with Crippen LogP contribution >= 0.6 is 0 Å². The van der Waals surface area contributed by atoms with Crippen molar-refractivity contribution in [2.75, 3.05) is 19.6 Å². The molecule has 1 aromatic carbocycles. The van der Waals surface area contributed by atoms with E-state index in [1.54, 1.807) is 0 Å². The number of rotatable bonds is 9. The number of nitrogens with one attached hydrogen (secondary N) is 1. The highest BCUT2D eigenvalue weighted by molar-refractivity contribution is 5.81. The monoisotopic (exact) mass is 452 g/mol. The van der Waals surface area contributed by atoms with E-state index in [1.807, 2.05) is 42.5 Å². The van der Waals surface area contributed by atoms with E-state index in [9.17, 15) is 15.0 Å². The molecule has 0 aromatic heterocycles. The molecule has 2 heterocycles. The number of benzene rings is 1. The lowest BCUT2D eigenvalue weighted by Gasteiger charge is -2.31. The third kappa shape index (κ3) is 6.35. The number of carbonyl (C=O) groups is 1. The molecule has 7 heteroatoms. The van der Waals surface area contributed by atoms with E-state index in [0.717, 1.165) is 49.9 Å². The molecule has 0 spiro atoms. The molecule has 3 atom stereocenters. The standard InChI is InChI=1S/C26H32N2O5/c29-22(15-19-9-3-1-4-10-19)26(31)27-21(16-28-13-7-8-14-28)25(30)24-18-32-17-23(33-24)20-11-5-2-6-12-20/h1-5,9-11,17-18,21-22,25,29-30H,6-8,12-16H2,(H,27,31)/t21-,22+,25-/m1/s1. The Hall–Kier alpha value is -2.87. The first kappa shape index (κ1) is 23.3. The number of likely N-dealkylation sites (tertiary alicyclic amines) is 1. The number of aliphatic hydroxyl groups is 2. The minimum atomic E-state index is -1.21. The van der Waals surface area contributed by atoms with Gasteiger partial charge in [0, 0.05) is 13.0 Å². The van der Waals surface area contributed by atoms with Crippen molar-refractivity contribution >= 4 is 5.91 Å². The second-order valence-corrected chi connectivity index (χ2v) is 8.67. The topological polar surface area (TPSA) is 91.3 Å². The van der Waals surface area contributed by atoms with Crippen molar-refractivity contribution < 1.29 is 24.5 Å². The molecular weight excluding hydrogens is 420 g/mol. The van der Waals surface area contributed by atoms with Gasteiger partial charge in [-0.05, 0) is 49.9 Å². The van der Waals surface area contributed by atoms with E-state index >= 15 is 0 Å². The molecule has 33 heavy (non-hydrogen) atoms. The molecule has 2 aliphatic heterocycles. The number of allylic oxidation sites excluding steroid dienone is 4. The van der Waals surface area contributed by atoms with E-state index in [-0.39, 0.29) is 12.2 Å². The molecule has 176 valence electrons. The maximum absolute atomic E-state index is 12.8. The van der Waals surface area contributed by atoms with Crippen LogP contribution in [0.2, 0.25) is 0 Å². The van der Waals surface area contributed by atoms with Crippen LogP contribution in [0.25, 0.3) is 0 Å². The highest BCUT2D eigenvalue weighted by Gasteiger charge is 2.32. The summed E-state index contributed by atoms with van der Waals surface area (Å²) >= 11 is 0. The second-order valence-electron chi connectivity index (χ2n) is 8.67. The molecule has 0 saturated carbocycles. The normalized spacial score (nSPS) is 21.1. The van der Waals surface area contributed by atoms with Crippen LogP contribution in [0.4, 0.5) is 0 Å². The first-order chi connectivity index (χ1) is 16.1. The van der Waals surface area contributed by atoms with Gasteiger partial charge in [-0.25, -0.2) is 0 Å². The van der Waals surface area contributed by atoms with Crippen molar-refractivity contribution in [3.8, 4) is 0 Å². The minimum absolute atomic E-state index is 0.204. The van der Waals surface area contributed by atoms with Gasteiger partial charge < -0.3 is 29.9 Å². The summed E-state index contributed by atoms with van der Waals surface area (Å²) < 4.78 is 11.5. The number of carbonyl (C=O) groups excluding carboxylic acids is 1. The number of hydrogen-bond donors (Lipinski definition) is 3. The van der Waals surface area contributed by atoms with E-state index in [4.69, 9.17) is 9.47 Å². The Morgan fingerprint density at radius 1 is 1.12 bits per heavy atom. The van der Waals surface area contributed by atoms with Crippen molar-refractivity contribution in [1.82, 2.24) is 10.2 Å². The van der Waals surface area contributed by atoms with Gasteiger partial charge in [-0.1, -0.05) is 48.6 Å². The first-order valence-corrected chi connectivity index (χ1v) is 11.6. The van der Waals surface area contributed by atoms with Gasteiger partial charge in [0.1, 0.15) is 24.7 Å². The van der Waals surface area contributed by atoms with E-state index in [0.29, 0.717) is 12.3 Å². The lowest BCUT2D eigenvalue weighted by Crippen LogP contribution is -2.53. The molecule has 0 radical (unpaired) electrons. The molecule has 4 rings (SSSR count). The lowest BCUT2D eigenvalue weighted by molar-refractivity contribution is -0.131. The van der Waals surface area contributed by atoms with E-state index in [2.05, 4.69) is 16.3 Å². The molecule has 3 aliphatic rings. The van der Waals surface area contributed by atoms with Gasteiger partial charge in [-0.3, -0.25) is 4.79 Å². The van der Waals surface area contributed by atoms with Gasteiger partial charge in [0.15, 0.2) is 11.5 Å². The van der Waals surface area contributed by atoms with Crippen LogP contribution in [0.3, 0.4) is 0 Å². The molecule has 7 nitrogen and oxygen atoms in total. The summed E-state index contributed by atoms with van der Waals surface area (Å²) in [6, 6.07) is 8.71. The predicted molar refractivity (Wildman–Crippen MR) is 125 cm³/mol. The maximum atomic E-state index is 12.8. The average Bonchev–Trinajstić information content (AvgIpc) is 3.37. The Labute approximate surface area is 194 Å². The summed E-state index contributed by atoms with van der Waals surface area (Å²) in [6.45, 7) is 2.27. The Balaban J connectivity index is 1.43. The van der Waals surface area contributed by atoms with Crippen LogP contribution in [0, 0.1) is 0 Å². The Bertz CT molecular complexity index is 931. The van der Waals surface area contributed by atoms with Crippen LogP contribution in [0.1, 0.15) is 31.2 Å². The SMILES string of the molecule is O=C(N[C@H](CN1CCCC1)[C@@H](O)C1=COC=C(C2=CC=CCC2)O1)[C@@H](O)Cc1ccccc1. The molecular formula is C26H32N2O5. The average molecular weight is 453 g/mol. The third-order valence-electron chi connectivity index (χ3n) is 6.15. The summed E-state index contributed by atoms with van der Waals surface area (Å²) in [5.74, 6) is 0.284. The van der Waals surface area contributed by atoms with Crippen LogP contribution in [-0.4, -0.2) is 58.9 Å². The largest absolute Gasteiger partial charge is 0.465 e. The summed E-state index contributed by atoms with van der Waals surface area (Å²) in [5, 5.41) is 24.5. The molecule has 0 bridgehead atoms. The summed E-state index contributed by atoms with van der Waals surface area (Å²) in [5.41, 5.74) is 1.86. The van der Waals surface area contributed by atoms with Crippen molar-refractivity contribution in [2.45, 2.75) is 50.4 Å². The lowest BCUT2D eigenvalue weighted by atomic mass is 10.0. The molecule has 1 amide bonds. The van der Waals surface area contributed by atoms with E-state index in [1.165, 1.54) is 12.5 Å². The van der Waals surface area contributed by atoms with Crippen LogP contribution in [-0.2, 0) is 20.7 Å². The van der Waals surface area contributed by atoms with Gasteiger partial charge >= 0.3 is 0 Å². The van der Waals surface area contributed by atoms with Crippen molar-refractivity contribution in [3.63, 3.8) is 0 Å². The number of nitrogens with zero attached hydrogens (tertiary/aromatic N) is 1. The zero-order valence-corrected chi connectivity index (χ0v) is 18.7. The quantitative estimate of drug-likeness (QED) is 0.534. The highest BCUT2D eigenvalue weighted by Crippen LogP contribution is 2.28. The molecule has 1 fully saturated rings. The van der Waals surface area contributed by atoms with Gasteiger partial charge in [0.2, 0.25) is 5.91 Å². The number of aliphatic hydroxyl groups excluding tert-OH is 2. The summed E-state index contributed by atoms with van der Waals surface area (Å²) in [7, 11) is 0. The Morgan fingerprint density at radius 3 is 2.64 bits per heavy atom. The fourth-order valence-electron chi connectivity index (χ4n) is 4.29. The fourth-order valence-corrected chi connectivity index (χ4v) is 4.29. The molecule has 1 saturated heterocycles. The van der Waals surface area contributed by atoms with Crippen molar-refractivity contribution in [1.29, 1.82) is 0 Å². The third-order valence-corrected chi connectivity index (χ3v) is 6.15. The summed E-state index contributed by atoms with van der Waals surface area (Å²) in [6.07, 6.45) is 10.7. The van der Waals surface area contributed by atoms with Crippen molar-refractivity contribution in [2.24, 2.45) is 0 Å². The number of amides is 1. The summed E-state index contributed by atoms with van der Waals surface area (Å²) in [4.78, 5) is 15.0. The predicted octanol–water partition coefficient (Wildman–Crippen LogP) is 2.54. The highest BCUT2D eigenvalue weighted by atomic mass is 16.6. The number of ether oxygens (including phenoxy) is 2. The van der Waals surface area contributed by atoms with E-state index < -0.39 is 24.2 Å². The molecule has 1 aliphatic carbocycles. The van der Waals surface area contributed by atoms with Gasteiger partial charge in [-0.15, -0.1) is 0 Å². The minimum Gasteiger partial charge on any atom is -0.465 e. The Kier molecular flexibility index (Phi) is 7.99. The molecule has 3 N–H and O–H groups in total. The second kappa shape index (κ2) is 11.3. The fraction of sp³-hybridized carbons (Fsp3) is 0.423.